The normalized spacial score (nSPS) is 17.3. The third kappa shape index (κ3) is 8.34. The van der Waals surface area contributed by atoms with Crippen LogP contribution in [0.3, 0.4) is 0 Å². The molecule has 0 unspecified atom stereocenters. The van der Waals surface area contributed by atoms with Crippen LogP contribution in [-0.2, 0) is 14.9 Å². The van der Waals surface area contributed by atoms with Gasteiger partial charge in [-0.05, 0) is 18.6 Å². The predicted octanol–water partition coefficient (Wildman–Crippen LogP) is 3.02. The summed E-state index contributed by atoms with van der Waals surface area (Å²) in [6.07, 6.45) is 0. The largest absolute Gasteiger partial charge is 0.379 e. The van der Waals surface area contributed by atoms with Crippen molar-refractivity contribution in [1.29, 1.82) is 0 Å². The van der Waals surface area contributed by atoms with Crippen molar-refractivity contribution in [2.45, 2.75) is 26.2 Å². The maximum Gasteiger partial charge on any atom is 0.253 e. The molecule has 2 aliphatic heterocycles. The highest BCUT2D eigenvalue weighted by molar-refractivity contribution is 6.09. The number of carbonyl (C=O) groups is 1. The maximum atomic E-state index is 13.1. The van der Waals surface area contributed by atoms with Crippen LogP contribution in [0.1, 0.15) is 48.0 Å². The molecule has 0 bridgehead atoms. The second-order valence-corrected chi connectivity index (χ2v) is 11.5. The van der Waals surface area contributed by atoms with E-state index in [0.29, 0.717) is 55.0 Å². The first kappa shape index (κ1) is 32.3. The Morgan fingerprint density at radius 3 is 2.38 bits per heavy atom. The highest BCUT2D eigenvalue weighted by atomic mass is 16.5. The summed E-state index contributed by atoms with van der Waals surface area (Å²) in [5.74, 6) is 1.06. The summed E-state index contributed by atoms with van der Waals surface area (Å²) in [7, 11) is 0. The topological polar surface area (TPSA) is 134 Å². The van der Waals surface area contributed by atoms with Crippen LogP contribution in [0.15, 0.2) is 75.2 Å². The summed E-state index contributed by atoms with van der Waals surface area (Å²) in [4.78, 5) is 24.9. The number of ether oxygens (including phenoxy) is 2. The van der Waals surface area contributed by atoms with Gasteiger partial charge in [0.2, 0.25) is 5.96 Å². The molecular formula is C33H44N8O4. The molecule has 0 amide bonds. The van der Waals surface area contributed by atoms with E-state index in [-0.39, 0.29) is 11.7 Å². The van der Waals surface area contributed by atoms with Crippen LogP contribution in [-0.4, -0.2) is 110 Å². The number of hydrazine groups is 1. The number of hydrogen-bond acceptors (Lipinski definition) is 9. The summed E-state index contributed by atoms with van der Waals surface area (Å²) >= 11 is 0. The molecule has 3 aromatic rings. The van der Waals surface area contributed by atoms with Crippen LogP contribution in [0.25, 0.3) is 0 Å². The Bertz CT molecular complexity index is 1460. The van der Waals surface area contributed by atoms with E-state index < -0.39 is 5.41 Å². The van der Waals surface area contributed by atoms with E-state index in [1.54, 1.807) is 0 Å². The number of ketones is 1. The monoisotopic (exact) mass is 616 g/mol. The number of nitrogens with one attached hydrogen (secondary N) is 1. The molecule has 0 atom stereocenters. The van der Waals surface area contributed by atoms with Crippen molar-refractivity contribution in [2.75, 3.05) is 72.2 Å². The van der Waals surface area contributed by atoms with E-state index in [1.165, 1.54) is 0 Å². The molecule has 3 N–H and O–H groups in total. The quantitative estimate of drug-likeness (QED) is 0.199. The van der Waals surface area contributed by atoms with Crippen molar-refractivity contribution >= 4 is 23.6 Å². The SMILES string of the molecule is CCN(C(=Nc1cc(C(C)(C)c2cccc(C(=O)c3ccccc3)c2)no1)NC(N)=NCCN1CCOCC1)N1CCOCC1. The Morgan fingerprint density at radius 2 is 1.67 bits per heavy atom. The number of aliphatic imine (C=N–C) groups is 2. The smallest absolute Gasteiger partial charge is 0.253 e. The minimum absolute atomic E-state index is 0.0265. The highest BCUT2D eigenvalue weighted by Gasteiger charge is 2.29. The average Bonchev–Trinajstić information content (AvgIpc) is 3.56. The number of rotatable bonds is 10. The summed E-state index contributed by atoms with van der Waals surface area (Å²) in [5.41, 5.74) is 8.69. The van der Waals surface area contributed by atoms with Gasteiger partial charge in [-0.1, -0.05) is 67.5 Å². The second kappa shape index (κ2) is 15.3. The minimum atomic E-state index is -0.563. The molecule has 2 fully saturated rings. The molecule has 0 saturated carbocycles. The lowest BCUT2D eigenvalue weighted by Gasteiger charge is -2.38. The highest BCUT2D eigenvalue weighted by Crippen LogP contribution is 2.33. The Kier molecular flexibility index (Phi) is 11.0. The maximum absolute atomic E-state index is 13.1. The van der Waals surface area contributed by atoms with Crippen molar-refractivity contribution in [3.05, 3.63) is 83.0 Å². The third-order valence-electron chi connectivity index (χ3n) is 8.15. The van der Waals surface area contributed by atoms with Crippen LogP contribution in [0, 0.1) is 0 Å². The lowest BCUT2D eigenvalue weighted by Crippen LogP contribution is -2.57. The van der Waals surface area contributed by atoms with Crippen molar-refractivity contribution in [1.82, 2.24) is 25.4 Å². The van der Waals surface area contributed by atoms with Crippen LogP contribution in [0.5, 0.6) is 0 Å². The number of nitrogens with zero attached hydrogens (tertiary/aromatic N) is 6. The van der Waals surface area contributed by atoms with Gasteiger partial charge < -0.3 is 19.7 Å². The molecular weight excluding hydrogens is 572 g/mol. The zero-order valence-electron chi connectivity index (χ0n) is 26.4. The molecule has 2 saturated heterocycles. The van der Waals surface area contributed by atoms with Gasteiger partial charge in [-0.15, -0.1) is 0 Å². The zero-order valence-corrected chi connectivity index (χ0v) is 26.4. The standard InChI is InChI=1S/C33H44N8O4/c1-4-41(40-17-21-44-22-18-40)32(37-31(34)35-13-14-39-15-19-43-20-16-39)36-29-24-28(38-45-29)33(2,3)27-12-8-11-26(23-27)30(42)25-9-6-5-7-10-25/h5-12,23-24H,4,13-22H2,1-3H3,(H3,34,35,36,37). The number of carbonyl (C=O) groups excluding carboxylic acids is 1. The van der Waals surface area contributed by atoms with E-state index in [4.69, 9.17) is 24.7 Å². The molecule has 0 aliphatic carbocycles. The van der Waals surface area contributed by atoms with E-state index >= 15 is 0 Å². The van der Waals surface area contributed by atoms with Crippen LogP contribution in [0.4, 0.5) is 5.88 Å². The Labute approximate surface area is 264 Å². The molecule has 1 aromatic heterocycles. The first-order chi connectivity index (χ1) is 21.8. The zero-order chi connectivity index (χ0) is 31.6. The molecule has 5 rings (SSSR count). The molecule has 240 valence electrons. The summed E-state index contributed by atoms with van der Waals surface area (Å²) in [6, 6.07) is 18.8. The van der Waals surface area contributed by atoms with Crippen LogP contribution in [0.2, 0.25) is 0 Å². The van der Waals surface area contributed by atoms with Crippen LogP contribution < -0.4 is 11.1 Å². The Balaban J connectivity index is 1.37. The summed E-state index contributed by atoms with van der Waals surface area (Å²) < 4.78 is 16.8. The number of nitrogens with two attached hydrogens (primary N) is 1. The Morgan fingerprint density at radius 1 is 0.978 bits per heavy atom. The molecule has 3 heterocycles. The van der Waals surface area contributed by atoms with Gasteiger partial charge in [0.05, 0.1) is 38.7 Å². The Hall–Kier alpha value is -4.10. The van der Waals surface area contributed by atoms with Gasteiger partial charge in [0.1, 0.15) is 0 Å². The van der Waals surface area contributed by atoms with Crippen molar-refractivity contribution < 1.29 is 18.8 Å². The lowest BCUT2D eigenvalue weighted by atomic mass is 9.80. The van der Waals surface area contributed by atoms with Gasteiger partial charge in [-0.2, -0.15) is 4.99 Å². The number of hydrogen-bond donors (Lipinski definition) is 2. The summed E-state index contributed by atoms with van der Waals surface area (Å²) in [6.45, 7) is 14.1. The molecule has 12 nitrogen and oxygen atoms in total. The van der Waals surface area contributed by atoms with Gasteiger partial charge in [-0.3, -0.25) is 25.0 Å². The van der Waals surface area contributed by atoms with E-state index in [1.807, 2.05) is 65.7 Å². The van der Waals surface area contributed by atoms with E-state index in [0.717, 1.165) is 51.5 Å². The van der Waals surface area contributed by atoms with Gasteiger partial charge in [0.15, 0.2) is 11.7 Å². The van der Waals surface area contributed by atoms with Crippen molar-refractivity contribution in [2.24, 2.45) is 15.7 Å². The third-order valence-corrected chi connectivity index (χ3v) is 8.15. The first-order valence-corrected chi connectivity index (χ1v) is 15.6. The average molecular weight is 617 g/mol. The molecule has 0 spiro atoms. The van der Waals surface area contributed by atoms with Crippen molar-refractivity contribution in [3.63, 3.8) is 0 Å². The van der Waals surface area contributed by atoms with Gasteiger partial charge in [-0.25, -0.2) is 5.01 Å². The number of aromatic nitrogens is 1. The predicted molar refractivity (Wildman–Crippen MR) is 174 cm³/mol. The molecule has 45 heavy (non-hydrogen) atoms. The van der Waals surface area contributed by atoms with Gasteiger partial charge in [0, 0.05) is 61.9 Å². The first-order valence-electron chi connectivity index (χ1n) is 15.6. The number of morpholine rings is 2. The van der Waals surface area contributed by atoms with Crippen LogP contribution >= 0.6 is 0 Å². The van der Waals surface area contributed by atoms with Crippen molar-refractivity contribution in [3.8, 4) is 0 Å². The number of benzene rings is 2. The fraction of sp³-hybridized carbons (Fsp3) is 0.455. The molecule has 2 aromatic carbocycles. The molecule has 2 aliphatic rings. The van der Waals surface area contributed by atoms with E-state index in [2.05, 4.69) is 46.1 Å². The fourth-order valence-electron chi connectivity index (χ4n) is 5.39. The fourth-order valence-corrected chi connectivity index (χ4v) is 5.39. The minimum Gasteiger partial charge on any atom is -0.379 e. The molecule has 12 heteroatoms. The summed E-state index contributed by atoms with van der Waals surface area (Å²) in [5, 5.41) is 11.8. The van der Waals surface area contributed by atoms with Gasteiger partial charge >= 0.3 is 0 Å². The van der Waals surface area contributed by atoms with E-state index in [9.17, 15) is 4.79 Å². The van der Waals surface area contributed by atoms with Gasteiger partial charge in [0.25, 0.3) is 5.88 Å². The number of guanidine groups is 2. The lowest BCUT2D eigenvalue weighted by molar-refractivity contribution is -0.0492. The molecule has 0 radical (unpaired) electrons. The second-order valence-electron chi connectivity index (χ2n) is 11.5.